The number of carbonyl (C=O) groups excluding carboxylic acids is 4. The zero-order valence-corrected chi connectivity index (χ0v) is 28.5. The number of primary amides is 1. The summed E-state index contributed by atoms with van der Waals surface area (Å²) in [5.74, 6) is -2.91. The molecule has 238 valence electrons. The summed E-state index contributed by atoms with van der Waals surface area (Å²) >= 11 is 3.34. The number of amides is 4. The number of carboxylic acid groups (broad SMARTS) is 1. The molecule has 1 fully saturated rings. The number of hydrogen-bond donors (Lipinski definition) is 6. The molecule has 24 heteroatoms. The van der Waals surface area contributed by atoms with Crippen LogP contribution in [0, 0.1) is 0 Å². The Morgan fingerprint density at radius 1 is 1.35 bits per heavy atom. The van der Waals surface area contributed by atoms with Crippen molar-refractivity contribution in [3.8, 4) is 0 Å². The van der Waals surface area contributed by atoms with E-state index < -0.39 is 52.5 Å². The van der Waals surface area contributed by atoms with E-state index in [1.807, 2.05) is 0 Å². The molecule has 3 aromatic heterocycles. The minimum atomic E-state index is -1.67. The molecule has 2 aliphatic heterocycles. The van der Waals surface area contributed by atoms with E-state index in [2.05, 4.69) is 41.1 Å². The number of aromatic amines is 1. The quantitative estimate of drug-likeness (QED) is 0.0581. The normalized spacial score (nSPS) is 17.8. The molecular formula is C22H24N13NaO7S3. The Morgan fingerprint density at radius 3 is 2.70 bits per heavy atom. The molecule has 0 radical (unpaired) electrons. The van der Waals surface area contributed by atoms with Crippen molar-refractivity contribution in [1.82, 2.24) is 45.4 Å². The van der Waals surface area contributed by atoms with Gasteiger partial charge in [-0.15, -0.1) is 28.2 Å². The van der Waals surface area contributed by atoms with Crippen LogP contribution in [0.25, 0.3) is 0 Å². The number of H-pyrrole nitrogens is 1. The molecule has 0 aromatic carbocycles. The van der Waals surface area contributed by atoms with Gasteiger partial charge in [-0.2, -0.15) is 0 Å². The summed E-state index contributed by atoms with van der Waals surface area (Å²) < 4.78 is 1.41. The smallest absolute Gasteiger partial charge is 0.543 e. The molecule has 5 rings (SSSR count). The molecule has 46 heavy (non-hydrogen) atoms. The van der Waals surface area contributed by atoms with Crippen molar-refractivity contribution < 1.29 is 58.9 Å². The number of tetrazole rings is 1. The zero-order valence-electron chi connectivity index (χ0n) is 24.1. The predicted molar refractivity (Wildman–Crippen MR) is 158 cm³/mol. The van der Waals surface area contributed by atoms with Gasteiger partial charge in [0, 0.05) is 30.5 Å². The molecule has 1 saturated heterocycles. The van der Waals surface area contributed by atoms with Crippen LogP contribution in [0.2, 0.25) is 0 Å². The summed E-state index contributed by atoms with van der Waals surface area (Å²) in [6.07, 6.45) is 1.00. The van der Waals surface area contributed by atoms with E-state index in [0.29, 0.717) is 15.6 Å². The van der Waals surface area contributed by atoms with Crippen LogP contribution in [0.15, 0.2) is 32.8 Å². The number of aliphatic hydroxyl groups is 1. The monoisotopic (exact) mass is 701 g/mol. The number of thioether (sulfide) groups is 2. The Bertz CT molecular complexity index is 1750. The Hall–Kier alpha value is -3.74. The summed E-state index contributed by atoms with van der Waals surface area (Å²) in [6, 6.07) is -4.10. The molecule has 3 atom stereocenters. The van der Waals surface area contributed by atoms with Crippen molar-refractivity contribution in [3.63, 3.8) is 0 Å². The number of nitrogens with one attached hydrogen (secondary N) is 3. The van der Waals surface area contributed by atoms with Gasteiger partial charge in [-0.1, -0.05) is 11.8 Å². The van der Waals surface area contributed by atoms with E-state index in [9.17, 15) is 29.1 Å². The number of β-lactam (4-membered cyclic amide) rings is 1. The first-order chi connectivity index (χ1) is 21.5. The number of aryl methyl sites for hydroxylation is 1. The SMILES string of the molecule is Cn1nnnc1SCC1=C(C(=O)[O-])N2C(=O)[C@@H](NC(=O)C(c3csc(N)n3)N(C(N)=O)c3cnc(NCCO)[nH]c3=O)[C@@H]2SC1.[Na+]. The van der Waals surface area contributed by atoms with Crippen molar-refractivity contribution in [2.45, 2.75) is 22.6 Å². The standard InChI is InChI=1S/C22H25N13O7S3.Na/c1-33-22(30-31-32-33)45-6-8-5-43-17-11(16(39)35(17)12(8)18(40)41)28-15(38)13(9-7-44-19(23)27-9)34(20(24)42)10-4-26-21(25-2-3-36)29-14(10)37;/h4,7,11,13,17,36H,2-3,5-6H2,1H3,(H2,23,27)(H2,24,42)(H,28,38)(H,40,41)(H2,25,26,29,37);/q;+1/p-1/t11-,13?,17+;/m1./s1. The summed E-state index contributed by atoms with van der Waals surface area (Å²) in [7, 11) is 1.62. The van der Waals surface area contributed by atoms with Gasteiger partial charge in [0.1, 0.15) is 17.1 Å². The number of carbonyl (C=O) groups is 4. The van der Waals surface area contributed by atoms with Crippen LogP contribution in [0.1, 0.15) is 11.7 Å². The second kappa shape index (κ2) is 14.8. The maximum Gasteiger partial charge on any atom is 1.00 e. The second-order valence-electron chi connectivity index (χ2n) is 9.33. The van der Waals surface area contributed by atoms with E-state index in [0.717, 1.165) is 22.4 Å². The average molecular weight is 702 g/mol. The Labute approximate surface area is 293 Å². The number of urea groups is 1. The van der Waals surface area contributed by atoms with Crippen LogP contribution in [0.3, 0.4) is 0 Å². The van der Waals surface area contributed by atoms with Crippen molar-refractivity contribution in [1.29, 1.82) is 0 Å². The van der Waals surface area contributed by atoms with Gasteiger partial charge in [0.05, 0.1) is 30.2 Å². The van der Waals surface area contributed by atoms with Crippen molar-refractivity contribution in [3.05, 3.63) is 38.9 Å². The van der Waals surface area contributed by atoms with Gasteiger partial charge in [-0.25, -0.2) is 19.4 Å². The topological polar surface area (TPSA) is 296 Å². The van der Waals surface area contributed by atoms with Crippen LogP contribution in [0.4, 0.5) is 21.6 Å². The van der Waals surface area contributed by atoms with E-state index in [1.54, 1.807) is 7.05 Å². The van der Waals surface area contributed by atoms with Crippen LogP contribution in [-0.2, 0) is 21.4 Å². The number of aliphatic carboxylic acids is 1. The summed E-state index contributed by atoms with van der Waals surface area (Å²) in [5, 5.41) is 38.5. The van der Waals surface area contributed by atoms with E-state index >= 15 is 0 Å². The van der Waals surface area contributed by atoms with Gasteiger partial charge >= 0.3 is 35.6 Å². The summed E-state index contributed by atoms with van der Waals surface area (Å²) in [4.78, 5) is 77.1. The molecule has 20 nitrogen and oxygen atoms in total. The van der Waals surface area contributed by atoms with Gasteiger partial charge in [0.15, 0.2) is 11.2 Å². The van der Waals surface area contributed by atoms with E-state index in [-0.39, 0.29) is 76.7 Å². The predicted octanol–water partition coefficient (Wildman–Crippen LogP) is -6.44. The third kappa shape index (κ3) is 6.98. The van der Waals surface area contributed by atoms with Gasteiger partial charge in [0.2, 0.25) is 17.0 Å². The molecule has 5 heterocycles. The average Bonchev–Trinajstić information content (AvgIpc) is 3.62. The van der Waals surface area contributed by atoms with Crippen LogP contribution in [-0.4, -0.2) is 105 Å². The molecule has 1 unspecified atom stereocenters. The molecule has 4 amide bonds. The number of aliphatic hydroxyl groups excluding tert-OH is 1. The van der Waals surface area contributed by atoms with Gasteiger partial charge in [-0.05, 0) is 16.0 Å². The number of hydrogen-bond acceptors (Lipinski definition) is 17. The fraction of sp³-hybridized carbons (Fsp3) is 0.364. The molecule has 8 N–H and O–H groups in total. The number of rotatable bonds is 12. The Morgan fingerprint density at radius 2 is 2.11 bits per heavy atom. The first kappa shape index (κ1) is 35.1. The molecule has 0 saturated carbocycles. The third-order valence-electron chi connectivity index (χ3n) is 6.50. The van der Waals surface area contributed by atoms with E-state index in [4.69, 9.17) is 16.6 Å². The first-order valence-electron chi connectivity index (χ1n) is 12.8. The number of anilines is 3. The van der Waals surface area contributed by atoms with Crippen molar-refractivity contribution >= 4 is 75.4 Å². The minimum absolute atomic E-state index is 0. The minimum Gasteiger partial charge on any atom is -0.543 e. The second-order valence-corrected chi connectivity index (χ2v) is 12.3. The molecular weight excluding hydrogens is 678 g/mol. The van der Waals surface area contributed by atoms with Crippen molar-refractivity contribution in [2.75, 3.05) is 40.6 Å². The number of aromatic nitrogens is 7. The Kier molecular flexibility index (Phi) is 11.3. The molecule has 3 aromatic rings. The molecule has 2 aliphatic rings. The number of nitrogens with zero attached hydrogens (tertiary/aromatic N) is 8. The van der Waals surface area contributed by atoms with Gasteiger partial charge in [0.25, 0.3) is 11.5 Å². The number of thiazole rings is 1. The fourth-order valence-corrected chi connectivity index (χ4v) is 7.45. The maximum absolute atomic E-state index is 13.8. The fourth-order valence-electron chi connectivity index (χ4n) is 4.53. The van der Waals surface area contributed by atoms with Crippen LogP contribution in [0.5, 0.6) is 0 Å². The molecule has 0 bridgehead atoms. The molecule has 0 aliphatic carbocycles. The van der Waals surface area contributed by atoms with Gasteiger partial charge in [-0.3, -0.25) is 29.2 Å². The summed E-state index contributed by atoms with van der Waals surface area (Å²) in [6.45, 7) is -0.172. The maximum atomic E-state index is 13.8. The summed E-state index contributed by atoms with van der Waals surface area (Å²) in [5.41, 5.74) is 10.2. The largest absolute Gasteiger partial charge is 1.00 e. The third-order valence-corrected chi connectivity index (χ3v) is 9.63. The molecule has 0 spiro atoms. The number of nitrogens with two attached hydrogens (primary N) is 2. The van der Waals surface area contributed by atoms with Crippen LogP contribution < -0.4 is 67.2 Å². The Balaban J connectivity index is 0.00000480. The van der Waals surface area contributed by atoms with E-state index in [1.165, 1.54) is 33.6 Å². The number of carboxylic acids is 1. The first-order valence-corrected chi connectivity index (χ1v) is 15.7. The van der Waals surface area contributed by atoms with Crippen molar-refractivity contribution in [2.24, 2.45) is 12.8 Å². The van der Waals surface area contributed by atoms with Gasteiger partial charge < -0.3 is 37.1 Å². The number of nitrogen functional groups attached to an aromatic ring is 1. The van der Waals surface area contributed by atoms with Crippen LogP contribution >= 0.6 is 34.9 Å². The zero-order chi connectivity index (χ0) is 32.4. The number of fused-ring (bicyclic) bond motifs is 1.